The summed E-state index contributed by atoms with van der Waals surface area (Å²) in [6.07, 6.45) is 1.25. The third-order valence-corrected chi connectivity index (χ3v) is 10.9. The molecule has 0 aromatic carbocycles. The standard InChI is InChI=1S/C15H32O4Si2/c1-10-15(14(17)19-3,21(7,8)9)11-12(13(16)18-2)20(4,5)6/h12H,10-11H2,1-9H3. The quantitative estimate of drug-likeness (QED) is 0.524. The molecule has 0 aliphatic carbocycles. The van der Waals surface area contributed by atoms with Gasteiger partial charge in [-0.3, -0.25) is 9.59 Å². The lowest BCUT2D eigenvalue weighted by Crippen LogP contribution is -2.49. The molecule has 0 aliphatic heterocycles. The SMILES string of the molecule is CCC(CC(C(=O)OC)[Si](C)(C)C)(C(=O)OC)[Si](C)(C)C. The Morgan fingerprint density at radius 3 is 1.71 bits per heavy atom. The van der Waals surface area contributed by atoms with E-state index >= 15 is 0 Å². The Kier molecular flexibility index (Phi) is 6.88. The van der Waals surface area contributed by atoms with E-state index in [-0.39, 0.29) is 17.5 Å². The fourth-order valence-electron chi connectivity index (χ4n) is 2.94. The maximum absolute atomic E-state index is 12.6. The van der Waals surface area contributed by atoms with Gasteiger partial charge in [-0.25, -0.2) is 0 Å². The van der Waals surface area contributed by atoms with Crippen molar-refractivity contribution in [1.82, 2.24) is 0 Å². The summed E-state index contributed by atoms with van der Waals surface area (Å²) in [5.74, 6) is -0.356. The zero-order valence-corrected chi connectivity index (χ0v) is 17.1. The third-order valence-electron chi connectivity index (χ3n) is 4.70. The predicted molar refractivity (Wildman–Crippen MR) is 92.1 cm³/mol. The Bertz CT molecular complexity index is 382. The van der Waals surface area contributed by atoms with Crippen LogP contribution in [0.3, 0.4) is 0 Å². The van der Waals surface area contributed by atoms with Crippen LogP contribution in [0.25, 0.3) is 0 Å². The number of ether oxygens (including phenoxy) is 2. The molecule has 0 rings (SSSR count). The summed E-state index contributed by atoms with van der Waals surface area (Å²) in [6, 6.07) is 0. The Morgan fingerprint density at radius 1 is 1.00 bits per heavy atom. The minimum absolute atomic E-state index is 0.170. The molecule has 0 spiro atoms. The summed E-state index contributed by atoms with van der Waals surface area (Å²) in [5.41, 5.74) is -0.187. The maximum Gasteiger partial charge on any atom is 0.308 e. The largest absolute Gasteiger partial charge is 0.469 e. The lowest BCUT2D eigenvalue weighted by atomic mass is 9.98. The molecule has 2 unspecified atom stereocenters. The normalized spacial score (nSPS) is 16.8. The molecule has 0 fully saturated rings. The van der Waals surface area contributed by atoms with Gasteiger partial charge < -0.3 is 9.47 Å². The average Bonchev–Trinajstić information content (AvgIpc) is 2.35. The van der Waals surface area contributed by atoms with E-state index in [0.29, 0.717) is 12.8 Å². The monoisotopic (exact) mass is 332 g/mol. The third kappa shape index (κ3) is 4.42. The second kappa shape index (κ2) is 7.09. The van der Waals surface area contributed by atoms with E-state index in [1.165, 1.54) is 14.2 Å². The molecule has 0 aliphatic rings. The molecule has 124 valence electrons. The molecule has 0 aromatic rings. The van der Waals surface area contributed by atoms with Crippen molar-refractivity contribution in [3.8, 4) is 0 Å². The topological polar surface area (TPSA) is 52.6 Å². The molecular weight excluding hydrogens is 300 g/mol. The van der Waals surface area contributed by atoms with Crippen molar-refractivity contribution < 1.29 is 19.1 Å². The first kappa shape index (κ1) is 20.4. The Labute approximate surface area is 131 Å². The van der Waals surface area contributed by atoms with Gasteiger partial charge in [-0.1, -0.05) is 46.2 Å². The van der Waals surface area contributed by atoms with Gasteiger partial charge in [0.05, 0.1) is 40.9 Å². The van der Waals surface area contributed by atoms with E-state index in [1.54, 1.807) is 0 Å². The van der Waals surface area contributed by atoms with E-state index in [0.717, 1.165) is 0 Å². The second-order valence-electron chi connectivity index (χ2n) is 7.82. The van der Waals surface area contributed by atoms with E-state index in [1.807, 2.05) is 6.92 Å². The van der Waals surface area contributed by atoms with Gasteiger partial charge >= 0.3 is 11.9 Å². The fourth-order valence-corrected chi connectivity index (χ4v) is 7.53. The zero-order valence-electron chi connectivity index (χ0n) is 15.1. The summed E-state index contributed by atoms with van der Waals surface area (Å²) < 4.78 is 10.1. The first-order valence-electron chi connectivity index (χ1n) is 7.53. The molecule has 21 heavy (non-hydrogen) atoms. The first-order chi connectivity index (χ1) is 9.37. The van der Waals surface area contributed by atoms with Crippen LogP contribution in [0.2, 0.25) is 49.9 Å². The van der Waals surface area contributed by atoms with Crippen molar-refractivity contribution in [3.63, 3.8) is 0 Å². The summed E-state index contributed by atoms with van der Waals surface area (Å²) in [7, 11) is -0.810. The van der Waals surface area contributed by atoms with Crippen molar-refractivity contribution in [2.75, 3.05) is 14.2 Å². The molecule has 0 bridgehead atoms. The van der Waals surface area contributed by atoms with Gasteiger partial charge in [-0.05, 0) is 12.8 Å². The first-order valence-corrected chi connectivity index (χ1v) is 14.6. The van der Waals surface area contributed by atoms with Crippen molar-refractivity contribution >= 4 is 28.1 Å². The molecule has 2 atom stereocenters. The van der Waals surface area contributed by atoms with Crippen LogP contribution >= 0.6 is 0 Å². The van der Waals surface area contributed by atoms with Crippen LogP contribution in [0.1, 0.15) is 19.8 Å². The molecule has 0 radical (unpaired) electrons. The fraction of sp³-hybridized carbons (Fsp3) is 0.867. The Hall–Kier alpha value is -0.626. The molecule has 4 nitrogen and oxygen atoms in total. The molecule has 0 heterocycles. The van der Waals surface area contributed by atoms with E-state index in [9.17, 15) is 9.59 Å². The minimum Gasteiger partial charge on any atom is -0.469 e. The number of hydrogen-bond acceptors (Lipinski definition) is 4. The van der Waals surface area contributed by atoms with Crippen LogP contribution in [-0.4, -0.2) is 42.3 Å². The van der Waals surface area contributed by atoms with Gasteiger partial charge in [-0.2, -0.15) is 0 Å². The van der Waals surface area contributed by atoms with Crippen LogP contribution < -0.4 is 0 Å². The van der Waals surface area contributed by atoms with Crippen LogP contribution in [0.4, 0.5) is 0 Å². The summed E-state index contributed by atoms with van der Waals surface area (Å²) in [4.78, 5) is 24.8. The van der Waals surface area contributed by atoms with Gasteiger partial charge in [0.1, 0.15) is 0 Å². The minimum atomic E-state index is -1.88. The summed E-state index contributed by atoms with van der Waals surface area (Å²) >= 11 is 0. The highest BCUT2D eigenvalue weighted by atomic mass is 28.3. The molecule has 0 saturated heterocycles. The van der Waals surface area contributed by atoms with Gasteiger partial charge in [0.25, 0.3) is 0 Å². The van der Waals surface area contributed by atoms with Crippen LogP contribution in [0.5, 0.6) is 0 Å². The van der Waals surface area contributed by atoms with Gasteiger partial charge in [0.2, 0.25) is 0 Å². The Balaban J connectivity index is 5.86. The molecule has 0 aromatic heterocycles. The highest BCUT2D eigenvalue weighted by Crippen LogP contribution is 2.51. The lowest BCUT2D eigenvalue weighted by Gasteiger charge is -2.44. The highest BCUT2D eigenvalue weighted by Gasteiger charge is 2.53. The molecule has 6 heteroatoms. The summed E-state index contributed by atoms with van der Waals surface area (Å²) in [6.45, 7) is 15.0. The van der Waals surface area contributed by atoms with Crippen molar-refractivity contribution in [1.29, 1.82) is 0 Å². The smallest absolute Gasteiger partial charge is 0.308 e. The van der Waals surface area contributed by atoms with Gasteiger partial charge in [0, 0.05) is 0 Å². The number of hydrogen-bond donors (Lipinski definition) is 0. The predicted octanol–water partition coefficient (Wildman–Crippen LogP) is 3.92. The zero-order chi connectivity index (χ0) is 17.1. The van der Waals surface area contributed by atoms with Crippen molar-refractivity contribution in [3.05, 3.63) is 0 Å². The molecule has 0 N–H and O–H groups in total. The molecule has 0 saturated carbocycles. The number of carbonyl (C=O) groups excluding carboxylic acids is 2. The van der Waals surface area contributed by atoms with Gasteiger partial charge in [-0.15, -0.1) is 0 Å². The number of methoxy groups -OCH3 is 2. The van der Waals surface area contributed by atoms with Gasteiger partial charge in [0.15, 0.2) is 0 Å². The van der Waals surface area contributed by atoms with Crippen LogP contribution in [0, 0.1) is 0 Å². The summed E-state index contributed by atoms with van der Waals surface area (Å²) in [5, 5.41) is -0.541. The highest BCUT2D eigenvalue weighted by molar-refractivity contribution is 6.83. The molecular formula is C15H32O4Si2. The Morgan fingerprint density at radius 2 is 1.48 bits per heavy atom. The van der Waals surface area contributed by atoms with E-state index in [4.69, 9.17) is 9.47 Å². The number of rotatable bonds is 7. The number of carbonyl (C=O) groups is 2. The van der Waals surface area contributed by atoms with Crippen LogP contribution in [0.15, 0.2) is 0 Å². The molecule has 0 amide bonds. The number of esters is 2. The lowest BCUT2D eigenvalue weighted by molar-refractivity contribution is -0.146. The second-order valence-corrected chi connectivity index (χ2v) is 18.7. The average molecular weight is 333 g/mol. The maximum atomic E-state index is 12.6. The van der Waals surface area contributed by atoms with Crippen molar-refractivity contribution in [2.45, 2.75) is 69.6 Å². The van der Waals surface area contributed by atoms with E-state index in [2.05, 4.69) is 39.3 Å². The van der Waals surface area contributed by atoms with E-state index < -0.39 is 21.2 Å². The van der Waals surface area contributed by atoms with Crippen LogP contribution in [-0.2, 0) is 19.1 Å². The van der Waals surface area contributed by atoms with Crippen molar-refractivity contribution in [2.24, 2.45) is 0 Å².